The van der Waals surface area contributed by atoms with Gasteiger partial charge in [0.1, 0.15) is 11.3 Å². The highest BCUT2D eigenvalue weighted by Crippen LogP contribution is 2.25. The first-order chi connectivity index (χ1) is 13.2. The topological polar surface area (TPSA) is 125 Å². The van der Waals surface area contributed by atoms with E-state index < -0.39 is 22.9 Å². The number of hydrogen-bond acceptors (Lipinski definition) is 7. The molecule has 0 aliphatic rings. The number of anilines is 1. The molecule has 9 nitrogen and oxygen atoms in total. The van der Waals surface area contributed by atoms with Crippen molar-refractivity contribution in [1.82, 2.24) is 0 Å². The zero-order valence-electron chi connectivity index (χ0n) is 15.4. The lowest BCUT2D eigenvalue weighted by Gasteiger charge is -2.15. The Labute approximate surface area is 160 Å². The molecule has 1 amide bonds. The minimum Gasteiger partial charge on any atom is -0.496 e. The van der Waals surface area contributed by atoms with Crippen molar-refractivity contribution in [2.45, 2.75) is 20.0 Å². The second kappa shape index (κ2) is 8.76. The molecule has 1 N–H and O–H groups in total. The van der Waals surface area contributed by atoms with Gasteiger partial charge in [-0.1, -0.05) is 12.1 Å². The Morgan fingerprint density at radius 3 is 2.46 bits per heavy atom. The number of rotatable bonds is 7. The van der Waals surface area contributed by atoms with Gasteiger partial charge in [0.25, 0.3) is 11.6 Å². The molecule has 2 aromatic rings. The summed E-state index contributed by atoms with van der Waals surface area (Å²) in [5.41, 5.74) is 0.304. The van der Waals surface area contributed by atoms with Gasteiger partial charge in [-0.2, -0.15) is 0 Å². The van der Waals surface area contributed by atoms with Crippen LogP contribution < -0.4 is 10.1 Å². The lowest BCUT2D eigenvalue weighted by molar-refractivity contribution is -0.384. The number of esters is 1. The molecule has 0 bridgehead atoms. The molecule has 0 saturated heterocycles. The summed E-state index contributed by atoms with van der Waals surface area (Å²) in [5.74, 6) is -1.65. The number of ketones is 1. The van der Waals surface area contributed by atoms with Crippen molar-refractivity contribution in [2.24, 2.45) is 0 Å². The lowest BCUT2D eigenvalue weighted by atomic mass is 10.1. The number of benzene rings is 2. The number of hydrogen-bond donors (Lipinski definition) is 1. The molecule has 0 spiro atoms. The number of nitrogens with zero attached hydrogens (tertiary/aromatic N) is 1. The largest absolute Gasteiger partial charge is 0.496 e. The van der Waals surface area contributed by atoms with E-state index in [1.807, 2.05) is 0 Å². The molecule has 0 saturated carbocycles. The molecule has 0 aliphatic heterocycles. The molecule has 0 radical (unpaired) electrons. The number of amides is 1. The van der Waals surface area contributed by atoms with Crippen LogP contribution in [0, 0.1) is 10.1 Å². The van der Waals surface area contributed by atoms with Crippen molar-refractivity contribution >= 4 is 29.0 Å². The Hall–Kier alpha value is -3.75. The summed E-state index contributed by atoms with van der Waals surface area (Å²) in [7, 11) is 1.30. The molecule has 0 unspecified atom stereocenters. The zero-order valence-corrected chi connectivity index (χ0v) is 15.4. The third-order valence-corrected chi connectivity index (χ3v) is 3.80. The average molecular weight is 386 g/mol. The van der Waals surface area contributed by atoms with Gasteiger partial charge in [-0.05, 0) is 32.0 Å². The van der Waals surface area contributed by atoms with Crippen LogP contribution in [0.5, 0.6) is 5.75 Å². The van der Waals surface area contributed by atoms with E-state index in [2.05, 4.69) is 5.32 Å². The van der Waals surface area contributed by atoms with Crippen LogP contribution in [-0.2, 0) is 9.53 Å². The molecular weight excluding hydrogens is 368 g/mol. The van der Waals surface area contributed by atoms with Crippen LogP contribution in [-0.4, -0.2) is 35.8 Å². The summed E-state index contributed by atoms with van der Waals surface area (Å²) < 4.78 is 10.1. The van der Waals surface area contributed by atoms with E-state index >= 15 is 0 Å². The Morgan fingerprint density at radius 1 is 1.14 bits per heavy atom. The van der Waals surface area contributed by atoms with Gasteiger partial charge in [-0.15, -0.1) is 0 Å². The van der Waals surface area contributed by atoms with Gasteiger partial charge in [0, 0.05) is 23.4 Å². The van der Waals surface area contributed by atoms with Gasteiger partial charge >= 0.3 is 5.97 Å². The second-order valence-corrected chi connectivity index (χ2v) is 5.82. The van der Waals surface area contributed by atoms with E-state index in [1.54, 1.807) is 18.2 Å². The Morgan fingerprint density at radius 2 is 1.86 bits per heavy atom. The molecule has 2 rings (SSSR count). The number of methoxy groups -OCH3 is 1. The molecule has 9 heteroatoms. The summed E-state index contributed by atoms with van der Waals surface area (Å²) in [6.07, 6.45) is -1.20. The average Bonchev–Trinajstić information content (AvgIpc) is 2.67. The fourth-order valence-electron chi connectivity index (χ4n) is 2.31. The van der Waals surface area contributed by atoms with E-state index in [9.17, 15) is 24.5 Å². The highest BCUT2D eigenvalue weighted by atomic mass is 16.6. The number of Topliss-reactive ketones (excluding diaryl/α,β-unsaturated/α-hetero) is 1. The van der Waals surface area contributed by atoms with Crippen molar-refractivity contribution in [2.75, 3.05) is 12.4 Å². The van der Waals surface area contributed by atoms with Gasteiger partial charge in [-0.3, -0.25) is 19.7 Å². The predicted octanol–water partition coefficient (Wildman–Crippen LogP) is 2.99. The third-order valence-electron chi connectivity index (χ3n) is 3.80. The number of carbonyl (C=O) groups excluding carboxylic acids is 3. The fourth-order valence-corrected chi connectivity index (χ4v) is 2.31. The minimum atomic E-state index is -1.20. The summed E-state index contributed by atoms with van der Waals surface area (Å²) in [6, 6.07) is 9.77. The van der Waals surface area contributed by atoms with Gasteiger partial charge in [0.2, 0.25) is 0 Å². The maximum atomic E-state index is 12.4. The number of ether oxygens (including phenoxy) is 2. The Bertz CT molecular complexity index is 940. The van der Waals surface area contributed by atoms with Crippen molar-refractivity contribution in [1.29, 1.82) is 0 Å². The van der Waals surface area contributed by atoms with Crippen molar-refractivity contribution in [3.63, 3.8) is 0 Å². The van der Waals surface area contributed by atoms with E-state index in [4.69, 9.17) is 9.47 Å². The predicted molar refractivity (Wildman–Crippen MR) is 99.6 cm³/mol. The van der Waals surface area contributed by atoms with E-state index in [0.717, 1.165) is 6.07 Å². The SMILES string of the molecule is COc1ccc([N+](=O)[O-])cc1C(=O)O[C@H](C)C(=O)Nc1cccc(C(C)=O)c1. The van der Waals surface area contributed by atoms with E-state index in [-0.39, 0.29) is 22.8 Å². The standard InChI is InChI=1S/C19H18N2O7/c1-11(22)13-5-4-6-14(9-13)20-18(23)12(2)28-19(24)16-10-15(21(25)26)7-8-17(16)27-3/h4-10,12H,1-3H3,(H,20,23)/t12-/m1/s1. The quantitative estimate of drug-likeness (QED) is 0.336. The van der Waals surface area contributed by atoms with Crippen LogP contribution in [0.1, 0.15) is 34.6 Å². The highest BCUT2D eigenvalue weighted by Gasteiger charge is 2.23. The highest BCUT2D eigenvalue weighted by molar-refractivity contribution is 6.00. The number of nitro groups is 1. The molecule has 0 fully saturated rings. The minimum absolute atomic E-state index is 0.0809. The first-order valence-electron chi connectivity index (χ1n) is 8.18. The number of nitrogens with one attached hydrogen (secondary N) is 1. The van der Waals surface area contributed by atoms with Gasteiger partial charge in [0.05, 0.1) is 12.0 Å². The summed E-state index contributed by atoms with van der Waals surface area (Å²) in [4.78, 5) is 46.3. The van der Waals surface area contributed by atoms with Crippen LogP contribution in [0.4, 0.5) is 11.4 Å². The molecule has 1 atom stereocenters. The van der Waals surface area contributed by atoms with Crippen molar-refractivity contribution in [3.8, 4) is 5.75 Å². The summed E-state index contributed by atoms with van der Waals surface area (Å²) in [5, 5.41) is 13.5. The first-order valence-corrected chi connectivity index (χ1v) is 8.18. The van der Waals surface area contributed by atoms with Crippen molar-refractivity contribution in [3.05, 3.63) is 63.7 Å². The molecule has 146 valence electrons. The molecule has 28 heavy (non-hydrogen) atoms. The molecule has 0 aromatic heterocycles. The summed E-state index contributed by atoms with van der Waals surface area (Å²) in [6.45, 7) is 2.75. The van der Waals surface area contributed by atoms with Crippen molar-refractivity contribution < 1.29 is 28.8 Å². The van der Waals surface area contributed by atoms with Crippen LogP contribution in [0.15, 0.2) is 42.5 Å². The monoisotopic (exact) mass is 386 g/mol. The maximum Gasteiger partial charge on any atom is 0.342 e. The first kappa shape index (κ1) is 20.6. The third kappa shape index (κ3) is 4.91. The normalized spacial score (nSPS) is 11.2. The zero-order chi connectivity index (χ0) is 20.8. The Kier molecular flexibility index (Phi) is 6.43. The smallest absolute Gasteiger partial charge is 0.342 e. The lowest BCUT2D eigenvalue weighted by Crippen LogP contribution is -2.30. The Balaban J connectivity index is 2.12. The maximum absolute atomic E-state index is 12.4. The molecular formula is C19H18N2O7. The second-order valence-electron chi connectivity index (χ2n) is 5.82. The van der Waals surface area contributed by atoms with E-state index in [1.165, 1.54) is 39.2 Å². The summed E-state index contributed by atoms with van der Waals surface area (Å²) >= 11 is 0. The number of carbonyl (C=O) groups is 3. The number of non-ortho nitro benzene ring substituents is 1. The van der Waals surface area contributed by atoms with Crippen LogP contribution in [0.25, 0.3) is 0 Å². The number of nitro benzene ring substituents is 1. The van der Waals surface area contributed by atoms with Gasteiger partial charge < -0.3 is 14.8 Å². The fraction of sp³-hybridized carbons (Fsp3) is 0.211. The van der Waals surface area contributed by atoms with Crippen LogP contribution >= 0.6 is 0 Å². The van der Waals surface area contributed by atoms with Gasteiger partial charge in [-0.25, -0.2) is 4.79 Å². The molecule has 0 heterocycles. The molecule has 2 aromatic carbocycles. The van der Waals surface area contributed by atoms with E-state index in [0.29, 0.717) is 11.3 Å². The van der Waals surface area contributed by atoms with Gasteiger partial charge in [0.15, 0.2) is 11.9 Å². The molecule has 0 aliphatic carbocycles. The van der Waals surface area contributed by atoms with Crippen LogP contribution in [0.2, 0.25) is 0 Å². The van der Waals surface area contributed by atoms with Crippen LogP contribution in [0.3, 0.4) is 0 Å².